The number of aromatic nitrogens is 2. The topological polar surface area (TPSA) is 74.8 Å². The summed E-state index contributed by atoms with van der Waals surface area (Å²) in [5.41, 5.74) is 5.89. The fourth-order valence-corrected chi connectivity index (χ4v) is 4.47. The van der Waals surface area contributed by atoms with Crippen molar-refractivity contribution in [3.05, 3.63) is 86.2 Å². The molecule has 148 valence electrons. The van der Waals surface area contributed by atoms with Crippen LogP contribution in [0.15, 0.2) is 52.4 Å². The van der Waals surface area contributed by atoms with E-state index in [1.165, 1.54) is 17.3 Å². The highest BCUT2D eigenvalue weighted by Gasteiger charge is 2.31. The Morgan fingerprint density at radius 3 is 2.52 bits per heavy atom. The molecule has 1 unspecified atom stereocenters. The lowest BCUT2D eigenvalue weighted by Gasteiger charge is -2.26. The molecule has 5 nitrogen and oxygen atoms in total. The number of nitrogens with one attached hydrogen (secondary N) is 2. The Morgan fingerprint density at radius 2 is 1.76 bits per heavy atom. The highest BCUT2D eigenvalue weighted by molar-refractivity contribution is 7.98. The van der Waals surface area contributed by atoms with Gasteiger partial charge in [0, 0.05) is 18.1 Å². The number of hydrogen-bond donors (Lipinski definition) is 2. The molecule has 0 spiro atoms. The van der Waals surface area contributed by atoms with E-state index in [0.29, 0.717) is 22.3 Å². The van der Waals surface area contributed by atoms with Crippen molar-refractivity contribution in [1.29, 1.82) is 0 Å². The van der Waals surface area contributed by atoms with Crippen molar-refractivity contribution in [3.63, 3.8) is 0 Å². The molecule has 1 atom stereocenters. The van der Waals surface area contributed by atoms with Gasteiger partial charge in [0.05, 0.1) is 5.56 Å². The number of H-pyrrole nitrogens is 1. The van der Waals surface area contributed by atoms with Crippen molar-refractivity contribution in [2.75, 3.05) is 5.32 Å². The number of carbonyl (C=O) groups is 1. The van der Waals surface area contributed by atoms with E-state index in [0.717, 1.165) is 22.3 Å². The standard InChI is InChI=1S/C23H23N3O2S/c1-13-5-8-16(9-6-13)12-29-23-25-21-20(22(28)26-23)18(11-19(27)24-21)17-10-14(2)4-7-15(17)3/h4-10,18H,11-12H2,1-3H3,(H2,24,25,26,27,28). The summed E-state index contributed by atoms with van der Waals surface area (Å²) in [4.78, 5) is 32.8. The molecule has 0 saturated carbocycles. The molecule has 4 rings (SSSR count). The van der Waals surface area contributed by atoms with E-state index in [-0.39, 0.29) is 23.8 Å². The largest absolute Gasteiger partial charge is 0.310 e. The normalized spacial score (nSPS) is 15.7. The third-order valence-corrected chi connectivity index (χ3v) is 6.18. The average Bonchev–Trinajstić information content (AvgIpc) is 2.68. The molecular weight excluding hydrogens is 382 g/mol. The minimum absolute atomic E-state index is 0.115. The fraction of sp³-hybridized carbons (Fsp3) is 0.261. The first-order chi connectivity index (χ1) is 13.9. The maximum atomic E-state index is 13.0. The lowest BCUT2D eigenvalue weighted by atomic mass is 9.84. The van der Waals surface area contributed by atoms with E-state index in [1.54, 1.807) is 0 Å². The molecule has 0 saturated heterocycles. The van der Waals surface area contributed by atoms with E-state index in [2.05, 4.69) is 52.5 Å². The zero-order valence-corrected chi connectivity index (χ0v) is 17.5. The van der Waals surface area contributed by atoms with Crippen molar-refractivity contribution < 1.29 is 4.79 Å². The summed E-state index contributed by atoms with van der Waals surface area (Å²) in [6.45, 7) is 6.07. The molecule has 6 heteroatoms. The third-order valence-electron chi connectivity index (χ3n) is 5.24. The Morgan fingerprint density at radius 1 is 1.03 bits per heavy atom. The van der Waals surface area contributed by atoms with Gasteiger partial charge in [0.15, 0.2) is 5.16 Å². The number of thioether (sulfide) groups is 1. The van der Waals surface area contributed by atoms with Crippen LogP contribution < -0.4 is 10.9 Å². The average molecular weight is 406 g/mol. The molecule has 29 heavy (non-hydrogen) atoms. The lowest BCUT2D eigenvalue weighted by Crippen LogP contribution is -2.31. The summed E-state index contributed by atoms with van der Waals surface area (Å²) in [6, 6.07) is 14.4. The first-order valence-corrected chi connectivity index (χ1v) is 10.6. The molecular formula is C23H23N3O2S. The fourth-order valence-electron chi connectivity index (χ4n) is 3.66. The Bertz CT molecular complexity index is 1140. The highest BCUT2D eigenvalue weighted by atomic mass is 32.2. The number of fused-ring (bicyclic) bond motifs is 1. The number of aromatic amines is 1. The number of nitrogens with zero attached hydrogens (tertiary/aromatic N) is 1. The van der Waals surface area contributed by atoms with Crippen LogP contribution in [0.4, 0.5) is 5.82 Å². The number of aryl methyl sites for hydroxylation is 3. The molecule has 1 aromatic heterocycles. The number of benzene rings is 2. The molecule has 2 N–H and O–H groups in total. The third kappa shape index (κ3) is 4.12. The summed E-state index contributed by atoms with van der Waals surface area (Å²) in [7, 11) is 0. The van der Waals surface area contributed by atoms with Gasteiger partial charge in [-0.2, -0.15) is 0 Å². The van der Waals surface area contributed by atoms with Crippen LogP contribution in [-0.4, -0.2) is 15.9 Å². The van der Waals surface area contributed by atoms with Gasteiger partial charge in [-0.15, -0.1) is 0 Å². The van der Waals surface area contributed by atoms with Gasteiger partial charge in [0.25, 0.3) is 5.56 Å². The van der Waals surface area contributed by atoms with Crippen LogP contribution in [0.2, 0.25) is 0 Å². The van der Waals surface area contributed by atoms with Crippen LogP contribution >= 0.6 is 11.8 Å². The van der Waals surface area contributed by atoms with Crippen molar-refractivity contribution in [2.24, 2.45) is 0 Å². The van der Waals surface area contributed by atoms with Gasteiger partial charge in [0.2, 0.25) is 5.91 Å². The molecule has 2 heterocycles. The summed E-state index contributed by atoms with van der Waals surface area (Å²) in [6.07, 6.45) is 0.248. The molecule has 1 aliphatic rings. The summed E-state index contributed by atoms with van der Waals surface area (Å²) in [5, 5.41) is 3.31. The SMILES string of the molecule is Cc1ccc(CSc2nc3c(c(=O)[nH]2)C(c2cc(C)ccc2C)CC(=O)N3)cc1. The van der Waals surface area contributed by atoms with Gasteiger partial charge < -0.3 is 10.3 Å². The molecule has 0 aliphatic carbocycles. The van der Waals surface area contributed by atoms with Gasteiger partial charge in [0.1, 0.15) is 5.82 Å². The minimum atomic E-state index is -0.286. The van der Waals surface area contributed by atoms with Crippen molar-refractivity contribution in [3.8, 4) is 0 Å². The Kier molecular flexibility index (Phi) is 5.28. The minimum Gasteiger partial charge on any atom is -0.310 e. The number of anilines is 1. The maximum absolute atomic E-state index is 13.0. The van der Waals surface area contributed by atoms with E-state index >= 15 is 0 Å². The van der Waals surface area contributed by atoms with E-state index in [1.807, 2.05) is 26.0 Å². The maximum Gasteiger partial charge on any atom is 0.257 e. The monoisotopic (exact) mass is 405 g/mol. The zero-order valence-electron chi connectivity index (χ0n) is 16.7. The van der Waals surface area contributed by atoms with Crippen molar-refractivity contribution in [1.82, 2.24) is 9.97 Å². The Labute approximate surface area is 174 Å². The van der Waals surface area contributed by atoms with E-state index in [9.17, 15) is 9.59 Å². The molecule has 0 bridgehead atoms. The number of amides is 1. The smallest absolute Gasteiger partial charge is 0.257 e. The van der Waals surface area contributed by atoms with Crippen molar-refractivity contribution >= 4 is 23.5 Å². The summed E-state index contributed by atoms with van der Waals surface area (Å²) in [5.74, 6) is 0.667. The summed E-state index contributed by atoms with van der Waals surface area (Å²) < 4.78 is 0. The van der Waals surface area contributed by atoms with Gasteiger partial charge in [-0.25, -0.2) is 4.98 Å². The quantitative estimate of drug-likeness (QED) is 0.496. The molecule has 3 aromatic rings. The second-order valence-corrected chi connectivity index (χ2v) is 8.54. The first-order valence-electron chi connectivity index (χ1n) is 9.60. The molecule has 0 radical (unpaired) electrons. The number of carbonyl (C=O) groups excluding carboxylic acids is 1. The highest BCUT2D eigenvalue weighted by Crippen LogP contribution is 2.36. The number of hydrogen-bond acceptors (Lipinski definition) is 4. The van der Waals surface area contributed by atoms with E-state index < -0.39 is 0 Å². The number of rotatable bonds is 4. The second-order valence-electron chi connectivity index (χ2n) is 7.57. The van der Waals surface area contributed by atoms with Crippen LogP contribution in [0.5, 0.6) is 0 Å². The molecule has 0 fully saturated rings. The molecule has 2 aromatic carbocycles. The van der Waals surface area contributed by atoms with Crippen LogP contribution in [0, 0.1) is 20.8 Å². The van der Waals surface area contributed by atoms with Crippen LogP contribution in [-0.2, 0) is 10.5 Å². The molecule has 1 aliphatic heterocycles. The predicted octanol–water partition coefficient (Wildman–Crippen LogP) is 4.46. The van der Waals surface area contributed by atoms with Gasteiger partial charge >= 0.3 is 0 Å². The van der Waals surface area contributed by atoms with Crippen LogP contribution in [0.25, 0.3) is 0 Å². The predicted molar refractivity (Wildman–Crippen MR) is 117 cm³/mol. The Balaban J connectivity index is 1.67. The molecule has 1 amide bonds. The lowest BCUT2D eigenvalue weighted by molar-refractivity contribution is -0.116. The van der Waals surface area contributed by atoms with Crippen LogP contribution in [0.1, 0.15) is 45.7 Å². The van der Waals surface area contributed by atoms with E-state index in [4.69, 9.17) is 0 Å². The van der Waals surface area contributed by atoms with Crippen molar-refractivity contribution in [2.45, 2.75) is 44.0 Å². The Hall–Kier alpha value is -2.86. The second kappa shape index (κ2) is 7.87. The van der Waals surface area contributed by atoms with Gasteiger partial charge in [-0.3, -0.25) is 9.59 Å². The summed E-state index contributed by atoms with van der Waals surface area (Å²) >= 11 is 1.45. The van der Waals surface area contributed by atoms with Gasteiger partial charge in [-0.05, 0) is 37.5 Å². The van der Waals surface area contributed by atoms with Gasteiger partial charge in [-0.1, -0.05) is 65.4 Å². The zero-order chi connectivity index (χ0) is 20.5. The first kappa shape index (κ1) is 19.5. The van der Waals surface area contributed by atoms with Crippen LogP contribution in [0.3, 0.4) is 0 Å².